The maximum absolute atomic E-state index is 13.1. The summed E-state index contributed by atoms with van der Waals surface area (Å²) in [5.41, 5.74) is 2.13. The molecule has 0 aliphatic carbocycles. The summed E-state index contributed by atoms with van der Waals surface area (Å²) in [7, 11) is 0. The topological polar surface area (TPSA) is 121 Å². The number of hydrogen-bond acceptors (Lipinski definition) is 8. The maximum atomic E-state index is 13.1. The minimum atomic E-state index is -0.805. The molecule has 1 aliphatic rings. The molecule has 12 heteroatoms. The molecule has 2 amide bonds. The third-order valence-electron chi connectivity index (χ3n) is 5.98. The number of esters is 1. The molecule has 1 unspecified atom stereocenters. The minimum absolute atomic E-state index is 0.175. The van der Waals surface area contributed by atoms with Gasteiger partial charge in [-0.3, -0.25) is 4.57 Å². The summed E-state index contributed by atoms with van der Waals surface area (Å²) in [6.07, 6.45) is 1.48. The van der Waals surface area contributed by atoms with Crippen LogP contribution in [0.25, 0.3) is 17.1 Å². The van der Waals surface area contributed by atoms with Gasteiger partial charge in [-0.25, -0.2) is 9.59 Å². The molecule has 40 heavy (non-hydrogen) atoms. The average Bonchev–Trinajstić information content (AvgIpc) is 3.63. The molecule has 0 saturated heterocycles. The van der Waals surface area contributed by atoms with E-state index in [4.69, 9.17) is 25.5 Å². The highest BCUT2D eigenvalue weighted by Gasteiger charge is 2.35. The summed E-state index contributed by atoms with van der Waals surface area (Å²) in [6.45, 7) is 4.37. The van der Waals surface area contributed by atoms with Crippen LogP contribution in [-0.4, -0.2) is 45.7 Å². The molecule has 4 aromatic rings. The van der Waals surface area contributed by atoms with Crippen molar-refractivity contribution in [3.05, 3.63) is 89.0 Å². The van der Waals surface area contributed by atoms with E-state index in [9.17, 15) is 9.59 Å². The predicted molar refractivity (Wildman–Crippen MR) is 150 cm³/mol. The molecule has 0 radical (unpaired) electrons. The molecule has 0 fully saturated rings. The Labute approximate surface area is 239 Å². The second kappa shape index (κ2) is 12.3. The minimum Gasteiger partial charge on any atom is -0.494 e. The van der Waals surface area contributed by atoms with Crippen LogP contribution in [0.1, 0.15) is 25.6 Å². The zero-order chi connectivity index (χ0) is 28.1. The fraction of sp³-hybridized carbons (Fsp3) is 0.214. The van der Waals surface area contributed by atoms with Gasteiger partial charge in [-0.05, 0) is 62.4 Å². The summed E-state index contributed by atoms with van der Waals surface area (Å²) < 4.78 is 18.3. The molecule has 1 atom stereocenters. The quantitative estimate of drug-likeness (QED) is 0.185. The first-order valence-electron chi connectivity index (χ1n) is 12.6. The number of thioether (sulfide) groups is 1. The number of carbonyl (C=O) groups is 2. The molecular weight excluding hydrogens is 554 g/mol. The third kappa shape index (κ3) is 5.70. The van der Waals surface area contributed by atoms with Crippen LogP contribution in [0.4, 0.5) is 4.79 Å². The normalized spacial score (nSPS) is 15.0. The number of rotatable bonds is 10. The highest BCUT2D eigenvalue weighted by atomic mass is 35.5. The molecule has 10 nitrogen and oxygen atoms in total. The summed E-state index contributed by atoms with van der Waals surface area (Å²) in [4.78, 5) is 25.6. The summed E-state index contributed by atoms with van der Waals surface area (Å²) in [5, 5.41) is 15.5. The fourth-order valence-electron chi connectivity index (χ4n) is 4.26. The first-order chi connectivity index (χ1) is 19.5. The average molecular weight is 580 g/mol. The number of nitrogens with zero attached hydrogens (tertiary/aromatic N) is 3. The van der Waals surface area contributed by atoms with Crippen molar-refractivity contribution in [2.24, 2.45) is 0 Å². The van der Waals surface area contributed by atoms with Gasteiger partial charge < -0.3 is 24.5 Å². The number of aromatic nitrogens is 3. The number of carbonyl (C=O) groups excluding carboxylic acids is 2. The predicted octanol–water partition coefficient (Wildman–Crippen LogP) is 5.54. The van der Waals surface area contributed by atoms with E-state index >= 15 is 0 Å². The van der Waals surface area contributed by atoms with Gasteiger partial charge in [0.2, 0.25) is 0 Å². The summed E-state index contributed by atoms with van der Waals surface area (Å²) >= 11 is 7.83. The Morgan fingerprint density at radius 3 is 2.58 bits per heavy atom. The monoisotopic (exact) mass is 579 g/mol. The SMILES string of the molecule is CCOC(=O)C1=C(CSc2nnc(-c3ccccc3Cl)n2-c2ccc(OCC)cc2)NC(=O)NC1c1ccco1. The Balaban J connectivity index is 1.55. The first-order valence-corrected chi connectivity index (χ1v) is 13.9. The smallest absolute Gasteiger partial charge is 0.338 e. The van der Waals surface area contributed by atoms with Crippen molar-refractivity contribution in [3.8, 4) is 22.8 Å². The van der Waals surface area contributed by atoms with Gasteiger partial charge in [0.15, 0.2) is 11.0 Å². The van der Waals surface area contributed by atoms with Crippen molar-refractivity contribution in [2.45, 2.75) is 25.0 Å². The maximum Gasteiger partial charge on any atom is 0.338 e. The van der Waals surface area contributed by atoms with Crippen LogP contribution in [0.3, 0.4) is 0 Å². The lowest BCUT2D eigenvalue weighted by molar-refractivity contribution is -0.139. The molecule has 2 N–H and O–H groups in total. The van der Waals surface area contributed by atoms with E-state index < -0.39 is 18.0 Å². The molecule has 0 saturated carbocycles. The van der Waals surface area contributed by atoms with Crippen LogP contribution in [-0.2, 0) is 9.53 Å². The van der Waals surface area contributed by atoms with Crippen molar-refractivity contribution in [2.75, 3.05) is 19.0 Å². The molecular formula is C28H26ClN5O5S. The largest absolute Gasteiger partial charge is 0.494 e. The van der Waals surface area contributed by atoms with Gasteiger partial charge in [-0.2, -0.15) is 0 Å². The highest BCUT2D eigenvalue weighted by molar-refractivity contribution is 7.99. The lowest BCUT2D eigenvalue weighted by atomic mass is 10.0. The van der Waals surface area contributed by atoms with E-state index in [-0.39, 0.29) is 17.9 Å². The van der Waals surface area contributed by atoms with E-state index in [2.05, 4.69) is 20.8 Å². The molecule has 1 aliphatic heterocycles. The number of furan rings is 1. The van der Waals surface area contributed by atoms with Gasteiger partial charge in [-0.15, -0.1) is 10.2 Å². The second-order valence-corrected chi connectivity index (χ2v) is 9.85. The summed E-state index contributed by atoms with van der Waals surface area (Å²) in [5.74, 6) is 1.32. The lowest BCUT2D eigenvalue weighted by Gasteiger charge is -2.27. The highest BCUT2D eigenvalue weighted by Crippen LogP contribution is 2.35. The number of amides is 2. The Hall–Kier alpha value is -4.22. The lowest BCUT2D eigenvalue weighted by Crippen LogP contribution is -2.46. The van der Waals surface area contributed by atoms with Crippen molar-refractivity contribution < 1.29 is 23.5 Å². The van der Waals surface area contributed by atoms with Gasteiger partial charge in [0.25, 0.3) is 0 Å². The van der Waals surface area contributed by atoms with Crippen LogP contribution < -0.4 is 15.4 Å². The second-order valence-electron chi connectivity index (χ2n) is 8.50. The molecule has 5 rings (SSSR count). The number of hydrogen-bond donors (Lipinski definition) is 2. The van der Waals surface area contributed by atoms with Gasteiger partial charge in [0.05, 0.1) is 30.1 Å². The Bertz CT molecular complexity index is 1530. The van der Waals surface area contributed by atoms with Crippen molar-refractivity contribution >= 4 is 35.4 Å². The molecule has 2 aromatic heterocycles. The third-order valence-corrected chi connectivity index (χ3v) is 7.26. The standard InChI is InChI=1S/C28H26ClN5O5S/c1-3-37-18-13-11-17(12-14-18)34-25(19-8-5-6-9-20(19)29)32-33-28(34)40-16-21-23(26(35)38-4-2)24(31-27(36)30-21)22-10-7-15-39-22/h5-15,24H,3-4,16H2,1-2H3,(H2,30,31,36). The zero-order valence-electron chi connectivity index (χ0n) is 21.7. The van der Waals surface area contributed by atoms with Gasteiger partial charge in [0, 0.05) is 22.7 Å². The number of nitrogens with one attached hydrogen (secondary N) is 2. The molecule has 0 bridgehead atoms. The number of urea groups is 1. The molecule has 2 aromatic carbocycles. The Morgan fingerprint density at radius 2 is 1.88 bits per heavy atom. The van der Waals surface area contributed by atoms with E-state index in [0.29, 0.717) is 39.6 Å². The van der Waals surface area contributed by atoms with Crippen LogP contribution in [0, 0.1) is 0 Å². The summed E-state index contributed by atoms with van der Waals surface area (Å²) in [6, 6.07) is 17.0. The van der Waals surface area contributed by atoms with Crippen LogP contribution in [0.5, 0.6) is 5.75 Å². The van der Waals surface area contributed by atoms with E-state index in [0.717, 1.165) is 11.4 Å². The van der Waals surface area contributed by atoms with Gasteiger partial charge >= 0.3 is 12.0 Å². The van der Waals surface area contributed by atoms with E-state index in [1.807, 2.05) is 54.0 Å². The molecule has 3 heterocycles. The van der Waals surface area contributed by atoms with Crippen LogP contribution in [0.15, 0.2) is 87.8 Å². The van der Waals surface area contributed by atoms with Gasteiger partial charge in [0.1, 0.15) is 17.6 Å². The molecule has 206 valence electrons. The van der Waals surface area contributed by atoms with Crippen molar-refractivity contribution in [1.29, 1.82) is 0 Å². The van der Waals surface area contributed by atoms with Crippen LogP contribution >= 0.6 is 23.4 Å². The van der Waals surface area contributed by atoms with Crippen LogP contribution in [0.2, 0.25) is 5.02 Å². The van der Waals surface area contributed by atoms with E-state index in [1.54, 1.807) is 25.1 Å². The first kappa shape index (κ1) is 27.4. The van der Waals surface area contributed by atoms with Crippen molar-refractivity contribution in [1.82, 2.24) is 25.4 Å². The van der Waals surface area contributed by atoms with Gasteiger partial charge in [-0.1, -0.05) is 35.5 Å². The number of halogens is 1. The zero-order valence-corrected chi connectivity index (χ0v) is 23.3. The fourth-order valence-corrected chi connectivity index (χ4v) is 5.40. The Morgan fingerprint density at radius 1 is 1.07 bits per heavy atom. The van der Waals surface area contributed by atoms with Crippen molar-refractivity contribution in [3.63, 3.8) is 0 Å². The molecule has 0 spiro atoms. The van der Waals surface area contributed by atoms with E-state index in [1.165, 1.54) is 18.0 Å². The Kier molecular flexibility index (Phi) is 8.42. The number of ether oxygens (including phenoxy) is 2. The number of benzene rings is 2.